The second-order valence-corrected chi connectivity index (χ2v) is 7.39. The number of fused-ring (bicyclic) bond motifs is 1. The number of thioether (sulfide) groups is 1. The van der Waals surface area contributed by atoms with Gasteiger partial charge in [-0.1, -0.05) is 42.0 Å². The zero-order valence-electron chi connectivity index (χ0n) is 14.9. The third-order valence-electron chi connectivity index (χ3n) is 4.01. The van der Waals surface area contributed by atoms with E-state index in [1.165, 1.54) is 18.0 Å². The summed E-state index contributed by atoms with van der Waals surface area (Å²) >= 11 is 1.36. The predicted molar refractivity (Wildman–Crippen MR) is 102 cm³/mol. The molecule has 0 radical (unpaired) electrons. The lowest BCUT2D eigenvalue weighted by atomic mass is 10.3. The highest BCUT2D eigenvalue weighted by Gasteiger charge is 2.18. The van der Waals surface area contributed by atoms with E-state index >= 15 is 0 Å². The number of nitrogens with one attached hydrogen (secondary N) is 1. The normalized spacial score (nSPS) is 12.5. The summed E-state index contributed by atoms with van der Waals surface area (Å²) in [7, 11) is 0. The Morgan fingerprint density at radius 2 is 2.07 bits per heavy atom. The molecule has 1 aromatic carbocycles. The van der Waals surface area contributed by atoms with Crippen molar-refractivity contribution in [2.75, 3.05) is 0 Å². The second-order valence-electron chi connectivity index (χ2n) is 6.06. The molecule has 0 saturated carbocycles. The highest BCUT2D eigenvalue weighted by Crippen LogP contribution is 2.32. The van der Waals surface area contributed by atoms with E-state index in [9.17, 15) is 4.79 Å². The molecule has 4 aromatic rings. The van der Waals surface area contributed by atoms with Crippen LogP contribution in [0.15, 0.2) is 51.0 Å². The predicted octanol–water partition coefficient (Wildman–Crippen LogP) is 3.30. The zero-order chi connectivity index (χ0) is 18.8. The van der Waals surface area contributed by atoms with Gasteiger partial charge in [0.1, 0.15) is 5.39 Å². The summed E-state index contributed by atoms with van der Waals surface area (Å²) in [6, 6.07) is 9.58. The van der Waals surface area contributed by atoms with Gasteiger partial charge in [0.2, 0.25) is 5.89 Å². The number of H-pyrrole nitrogens is 1. The van der Waals surface area contributed by atoms with Crippen molar-refractivity contribution in [1.82, 2.24) is 29.9 Å². The van der Waals surface area contributed by atoms with Crippen LogP contribution in [0.3, 0.4) is 0 Å². The largest absolute Gasteiger partial charge is 0.338 e. The molecular formula is C18H18N6O2S. The highest BCUT2D eigenvalue weighted by molar-refractivity contribution is 7.99. The fourth-order valence-corrected chi connectivity index (χ4v) is 3.51. The molecule has 0 amide bonds. The number of hydrogen-bond donors (Lipinski definition) is 1. The molecule has 4 rings (SSSR count). The maximum absolute atomic E-state index is 12.4. The first-order valence-electron chi connectivity index (χ1n) is 8.68. The van der Waals surface area contributed by atoms with Crippen LogP contribution in [0.1, 0.15) is 37.2 Å². The third kappa shape index (κ3) is 3.50. The van der Waals surface area contributed by atoms with Crippen molar-refractivity contribution in [2.45, 2.75) is 37.1 Å². The van der Waals surface area contributed by atoms with Gasteiger partial charge in [0.25, 0.3) is 5.56 Å². The Balaban J connectivity index is 1.66. The minimum Gasteiger partial charge on any atom is -0.338 e. The minimum absolute atomic E-state index is 0.142. The third-order valence-corrected chi connectivity index (χ3v) is 4.98. The number of para-hydroxylation sites is 1. The van der Waals surface area contributed by atoms with Crippen LogP contribution in [-0.2, 0) is 6.42 Å². The highest BCUT2D eigenvalue weighted by atomic mass is 32.2. The van der Waals surface area contributed by atoms with Crippen LogP contribution in [0.4, 0.5) is 0 Å². The van der Waals surface area contributed by atoms with E-state index in [1.54, 1.807) is 4.68 Å². The smallest absolute Gasteiger partial charge is 0.262 e. The SMILES string of the molecule is CCCc1noc([C@H](C)Sc2nc3c(cnn3-c3ccccc3)c(=O)[nH]2)n1. The van der Waals surface area contributed by atoms with Crippen molar-refractivity contribution in [3.05, 3.63) is 58.6 Å². The van der Waals surface area contributed by atoms with E-state index in [0.29, 0.717) is 27.9 Å². The van der Waals surface area contributed by atoms with Crippen LogP contribution in [0.5, 0.6) is 0 Å². The molecule has 1 N–H and O–H groups in total. The van der Waals surface area contributed by atoms with Gasteiger partial charge in [-0.3, -0.25) is 4.79 Å². The molecule has 3 aromatic heterocycles. The lowest BCUT2D eigenvalue weighted by Crippen LogP contribution is -2.10. The molecule has 27 heavy (non-hydrogen) atoms. The summed E-state index contributed by atoms with van der Waals surface area (Å²) in [4.78, 5) is 24.2. The van der Waals surface area contributed by atoms with Crippen molar-refractivity contribution in [2.24, 2.45) is 0 Å². The van der Waals surface area contributed by atoms with Crippen LogP contribution in [0, 0.1) is 0 Å². The maximum Gasteiger partial charge on any atom is 0.262 e. The molecule has 0 unspecified atom stereocenters. The molecule has 0 spiro atoms. The number of aryl methyl sites for hydroxylation is 1. The average molecular weight is 382 g/mol. The molecule has 1 atom stereocenters. The van der Waals surface area contributed by atoms with Crippen molar-refractivity contribution in [1.29, 1.82) is 0 Å². The quantitative estimate of drug-likeness (QED) is 0.403. The first-order chi connectivity index (χ1) is 13.2. The number of aromatic nitrogens is 6. The Hall–Kier alpha value is -2.94. The molecule has 0 aliphatic heterocycles. The van der Waals surface area contributed by atoms with E-state index < -0.39 is 0 Å². The lowest BCUT2D eigenvalue weighted by Gasteiger charge is -2.07. The van der Waals surface area contributed by atoms with E-state index in [4.69, 9.17) is 4.52 Å². The van der Waals surface area contributed by atoms with Crippen LogP contribution in [0.2, 0.25) is 0 Å². The lowest BCUT2D eigenvalue weighted by molar-refractivity contribution is 0.374. The standard InChI is InChI=1S/C18H18N6O2S/c1-3-7-14-20-17(26-23-14)11(2)27-18-21-15-13(16(25)22-18)10-19-24(15)12-8-5-4-6-9-12/h4-6,8-11H,3,7H2,1-2H3,(H,21,22,25)/t11-/m0/s1. The molecule has 9 heteroatoms. The van der Waals surface area contributed by atoms with Gasteiger partial charge >= 0.3 is 0 Å². The van der Waals surface area contributed by atoms with Crippen LogP contribution >= 0.6 is 11.8 Å². The van der Waals surface area contributed by atoms with Crippen LogP contribution < -0.4 is 5.56 Å². The summed E-state index contributed by atoms with van der Waals surface area (Å²) in [5.41, 5.74) is 1.13. The summed E-state index contributed by atoms with van der Waals surface area (Å²) < 4.78 is 6.99. The van der Waals surface area contributed by atoms with E-state index in [0.717, 1.165) is 18.5 Å². The summed E-state index contributed by atoms with van der Waals surface area (Å²) in [6.45, 7) is 4.00. The van der Waals surface area contributed by atoms with Gasteiger partial charge in [0.15, 0.2) is 16.6 Å². The first-order valence-corrected chi connectivity index (χ1v) is 9.56. The Labute approximate surface area is 159 Å². The molecule has 0 aliphatic rings. The van der Waals surface area contributed by atoms with Crippen molar-refractivity contribution >= 4 is 22.8 Å². The Morgan fingerprint density at radius 1 is 1.26 bits per heavy atom. The van der Waals surface area contributed by atoms with Gasteiger partial charge < -0.3 is 9.51 Å². The number of benzene rings is 1. The van der Waals surface area contributed by atoms with E-state index in [-0.39, 0.29) is 10.8 Å². The molecular weight excluding hydrogens is 364 g/mol. The molecule has 0 aliphatic carbocycles. The van der Waals surface area contributed by atoms with E-state index in [1.807, 2.05) is 37.3 Å². The molecule has 0 bridgehead atoms. The summed E-state index contributed by atoms with van der Waals surface area (Å²) in [5.74, 6) is 1.21. The minimum atomic E-state index is -0.228. The first kappa shape index (κ1) is 17.5. The average Bonchev–Trinajstić information content (AvgIpc) is 3.30. The maximum atomic E-state index is 12.4. The van der Waals surface area contributed by atoms with Gasteiger partial charge in [-0.25, -0.2) is 9.67 Å². The van der Waals surface area contributed by atoms with Crippen LogP contribution in [0.25, 0.3) is 16.7 Å². The fraction of sp³-hybridized carbons (Fsp3) is 0.278. The fourth-order valence-electron chi connectivity index (χ4n) is 2.69. The van der Waals surface area contributed by atoms with Gasteiger partial charge in [0, 0.05) is 6.42 Å². The van der Waals surface area contributed by atoms with Gasteiger partial charge in [-0.15, -0.1) is 0 Å². The summed E-state index contributed by atoms with van der Waals surface area (Å²) in [5, 5.41) is 9.07. The monoisotopic (exact) mass is 382 g/mol. The Bertz CT molecular complexity index is 1120. The number of nitrogens with zero attached hydrogens (tertiary/aromatic N) is 5. The molecule has 138 valence electrons. The second kappa shape index (κ2) is 7.36. The van der Waals surface area contributed by atoms with Crippen molar-refractivity contribution in [3.63, 3.8) is 0 Å². The van der Waals surface area contributed by atoms with Gasteiger partial charge in [-0.2, -0.15) is 10.1 Å². The molecule has 0 saturated heterocycles. The number of hydrogen-bond acceptors (Lipinski definition) is 7. The van der Waals surface area contributed by atoms with Crippen molar-refractivity contribution < 1.29 is 4.52 Å². The Kier molecular flexibility index (Phi) is 4.76. The zero-order valence-corrected chi connectivity index (χ0v) is 15.7. The molecule has 8 nitrogen and oxygen atoms in total. The Morgan fingerprint density at radius 3 is 2.85 bits per heavy atom. The molecule has 0 fully saturated rings. The molecule has 3 heterocycles. The number of rotatable bonds is 6. The van der Waals surface area contributed by atoms with Crippen molar-refractivity contribution in [3.8, 4) is 5.69 Å². The topological polar surface area (TPSA) is 102 Å². The van der Waals surface area contributed by atoms with Crippen LogP contribution in [-0.4, -0.2) is 29.9 Å². The number of aromatic amines is 1. The summed E-state index contributed by atoms with van der Waals surface area (Å²) in [6.07, 6.45) is 3.26. The van der Waals surface area contributed by atoms with Gasteiger partial charge in [-0.05, 0) is 25.5 Å². The van der Waals surface area contributed by atoms with E-state index in [2.05, 4.69) is 32.1 Å². The van der Waals surface area contributed by atoms with Gasteiger partial charge in [0.05, 0.1) is 17.1 Å².